The van der Waals surface area contributed by atoms with Gasteiger partial charge in [0.15, 0.2) is 5.82 Å². The summed E-state index contributed by atoms with van der Waals surface area (Å²) in [6.07, 6.45) is 3.25. The van der Waals surface area contributed by atoms with Crippen LogP contribution in [0.3, 0.4) is 0 Å². The highest BCUT2D eigenvalue weighted by atomic mass is 19.1. The molecule has 1 amide bonds. The Balaban J connectivity index is 0.00000176. The van der Waals surface area contributed by atoms with E-state index in [-0.39, 0.29) is 23.9 Å². The van der Waals surface area contributed by atoms with Crippen molar-refractivity contribution in [1.82, 2.24) is 29.8 Å². The first-order valence-electron chi connectivity index (χ1n) is 11.5. The van der Waals surface area contributed by atoms with Crippen molar-refractivity contribution >= 4 is 17.9 Å². The van der Waals surface area contributed by atoms with Crippen molar-refractivity contribution in [3.63, 3.8) is 0 Å². The van der Waals surface area contributed by atoms with Crippen LogP contribution in [0.4, 0.5) is 10.2 Å². The van der Waals surface area contributed by atoms with Crippen LogP contribution in [0.15, 0.2) is 30.5 Å². The molecule has 1 aliphatic heterocycles. The van der Waals surface area contributed by atoms with E-state index in [1.54, 1.807) is 32.1 Å². The third-order valence-corrected chi connectivity index (χ3v) is 5.65. The molecule has 0 saturated heterocycles. The van der Waals surface area contributed by atoms with Gasteiger partial charge in [0, 0.05) is 25.2 Å². The minimum atomic E-state index is -0.667. The summed E-state index contributed by atoms with van der Waals surface area (Å²) in [4.78, 5) is 20.6. The topological polar surface area (TPSA) is 126 Å². The molecule has 36 heavy (non-hydrogen) atoms. The number of nitrogen functional groups attached to an aromatic ring is 1. The van der Waals surface area contributed by atoms with Gasteiger partial charge in [-0.1, -0.05) is 19.9 Å². The van der Waals surface area contributed by atoms with E-state index in [0.717, 1.165) is 0 Å². The van der Waals surface area contributed by atoms with Crippen molar-refractivity contribution in [3.8, 4) is 23.2 Å². The number of amides is 1. The number of nitriles is 1. The van der Waals surface area contributed by atoms with E-state index in [2.05, 4.69) is 21.1 Å². The molecule has 10 nitrogen and oxygen atoms in total. The molecule has 0 radical (unpaired) electrons. The molecule has 188 valence electrons. The number of anilines is 1. The van der Waals surface area contributed by atoms with E-state index in [0.29, 0.717) is 40.2 Å². The first kappa shape index (κ1) is 26.2. The molecule has 11 heteroatoms. The highest BCUT2D eigenvalue weighted by Gasteiger charge is 2.28. The van der Waals surface area contributed by atoms with Crippen LogP contribution in [-0.2, 0) is 18.4 Å². The lowest BCUT2D eigenvalue weighted by Gasteiger charge is -2.34. The van der Waals surface area contributed by atoms with Gasteiger partial charge in [0.25, 0.3) is 5.88 Å². The van der Waals surface area contributed by atoms with Crippen LogP contribution in [0, 0.1) is 17.1 Å². The molecule has 2 N–H and O–H groups in total. The van der Waals surface area contributed by atoms with Gasteiger partial charge in [0.2, 0.25) is 6.41 Å². The Labute approximate surface area is 209 Å². The van der Waals surface area contributed by atoms with Crippen LogP contribution in [0.25, 0.3) is 17.0 Å². The quantitative estimate of drug-likeness (QED) is 0.535. The zero-order chi connectivity index (χ0) is 26.6. The summed E-state index contributed by atoms with van der Waals surface area (Å²) < 4.78 is 21.8. The number of aromatic nitrogens is 4. The average Bonchev–Trinajstić information content (AvgIpc) is 3.20. The summed E-state index contributed by atoms with van der Waals surface area (Å²) in [5.41, 5.74) is 9.37. The molecule has 2 aromatic heterocycles. The highest BCUT2D eigenvalue weighted by molar-refractivity contribution is 5.72. The van der Waals surface area contributed by atoms with Gasteiger partial charge >= 0.3 is 0 Å². The molecule has 4 rings (SSSR count). The number of rotatable bonds is 2. The summed E-state index contributed by atoms with van der Waals surface area (Å²) in [5, 5.41) is 17.4. The maximum absolute atomic E-state index is 14.3. The molecule has 3 aromatic rings. The van der Waals surface area contributed by atoms with Gasteiger partial charge in [0.1, 0.15) is 23.7 Å². The van der Waals surface area contributed by atoms with E-state index >= 15 is 0 Å². The summed E-state index contributed by atoms with van der Waals surface area (Å²) >= 11 is 0. The fourth-order valence-electron chi connectivity index (χ4n) is 4.02. The monoisotopic (exact) mass is 492 g/mol. The van der Waals surface area contributed by atoms with Crippen LogP contribution >= 0.6 is 0 Å². The number of allylic oxidation sites excluding steroid dienone is 1. The number of hydrazine groups is 1. The van der Waals surface area contributed by atoms with Gasteiger partial charge in [-0.05, 0) is 32.0 Å². The van der Waals surface area contributed by atoms with Crippen molar-refractivity contribution in [2.45, 2.75) is 40.3 Å². The molecule has 2 bridgehead atoms. The first-order chi connectivity index (χ1) is 17.3. The van der Waals surface area contributed by atoms with Gasteiger partial charge in [-0.25, -0.2) is 14.4 Å². The molecule has 1 aromatic carbocycles. The molecular formula is C25H29FN8O2. The van der Waals surface area contributed by atoms with E-state index in [9.17, 15) is 14.4 Å². The largest absolute Gasteiger partial charge is 0.467 e. The summed E-state index contributed by atoms with van der Waals surface area (Å²) in [6, 6.07) is 6.50. The Kier molecular flexibility index (Phi) is 7.89. The summed E-state index contributed by atoms with van der Waals surface area (Å²) in [7, 11) is 3.25. The lowest BCUT2D eigenvalue weighted by atomic mass is 9.99. The van der Waals surface area contributed by atoms with Crippen molar-refractivity contribution in [2.75, 3.05) is 12.8 Å². The van der Waals surface area contributed by atoms with E-state index in [1.165, 1.54) is 28.0 Å². The van der Waals surface area contributed by atoms with Crippen LogP contribution in [-0.4, -0.2) is 43.2 Å². The Bertz CT molecular complexity index is 1340. The number of aryl methyl sites for hydroxylation is 1. The average molecular weight is 493 g/mol. The molecule has 0 saturated carbocycles. The number of hydrogen-bond acceptors (Lipinski definition) is 8. The Morgan fingerprint density at radius 2 is 2.08 bits per heavy atom. The van der Waals surface area contributed by atoms with Gasteiger partial charge < -0.3 is 10.5 Å². The van der Waals surface area contributed by atoms with Gasteiger partial charge in [-0.2, -0.15) is 10.4 Å². The second-order valence-corrected chi connectivity index (χ2v) is 7.75. The Morgan fingerprint density at radius 3 is 2.72 bits per heavy atom. The van der Waals surface area contributed by atoms with Crippen LogP contribution in [0.5, 0.6) is 5.88 Å². The molecule has 3 heterocycles. The first-order valence-corrected chi connectivity index (χ1v) is 11.5. The number of hydrogen-bond donors (Lipinski definition) is 1. The van der Waals surface area contributed by atoms with E-state index < -0.39 is 11.9 Å². The number of benzene rings is 1. The minimum absolute atomic E-state index is 0.0585. The summed E-state index contributed by atoms with van der Waals surface area (Å²) in [5.74, 6) is -0.322. The van der Waals surface area contributed by atoms with Crippen molar-refractivity contribution < 1.29 is 13.9 Å². The SMILES string of the molecule is C/C=C1/c2ccc(F)cc2C(C)Oc2nc(cnc2N)-c2c(nn(C)c2C#N)CN1N(C)C=O.CC. The number of carbonyl (C=O) groups is 1. The Morgan fingerprint density at radius 1 is 1.36 bits per heavy atom. The maximum Gasteiger partial charge on any atom is 0.258 e. The van der Waals surface area contributed by atoms with E-state index in [1.807, 2.05) is 26.8 Å². The normalized spacial score (nSPS) is 15.7. The van der Waals surface area contributed by atoms with Gasteiger partial charge in [-0.3, -0.25) is 19.5 Å². The smallest absolute Gasteiger partial charge is 0.258 e. The molecule has 0 spiro atoms. The second-order valence-electron chi connectivity index (χ2n) is 7.75. The third kappa shape index (κ3) is 4.70. The molecule has 1 unspecified atom stereocenters. The Hall–Kier alpha value is -4.46. The zero-order valence-electron chi connectivity index (χ0n) is 21.2. The van der Waals surface area contributed by atoms with Gasteiger partial charge in [-0.15, -0.1) is 0 Å². The van der Waals surface area contributed by atoms with Gasteiger partial charge in [0.05, 0.1) is 35.4 Å². The van der Waals surface area contributed by atoms with Crippen molar-refractivity contribution in [3.05, 3.63) is 58.8 Å². The number of ether oxygens (including phenoxy) is 1. The predicted molar refractivity (Wildman–Crippen MR) is 133 cm³/mol. The fraction of sp³-hybridized carbons (Fsp3) is 0.320. The molecule has 0 aliphatic carbocycles. The highest BCUT2D eigenvalue weighted by Crippen LogP contribution is 2.36. The predicted octanol–water partition coefficient (Wildman–Crippen LogP) is 3.82. The standard InChI is InChI=1S/C23H23FN8O2.C2H6/c1-5-19-15-7-6-14(24)8-16(15)13(2)34-23-22(26)27-10-17(28-23)21-18(11-32(19)30(3)12-33)29-31(4)20(21)9-25;1-2/h5-8,10,12-13H,11H2,1-4H3,(H2,26,27);1-2H3/b19-5-;. The van der Waals surface area contributed by atoms with Crippen molar-refractivity contribution in [1.29, 1.82) is 5.26 Å². The molecule has 0 fully saturated rings. The molecule has 1 aliphatic rings. The van der Waals surface area contributed by atoms with Crippen LogP contribution < -0.4 is 10.5 Å². The van der Waals surface area contributed by atoms with Crippen LogP contribution in [0.1, 0.15) is 56.3 Å². The zero-order valence-corrected chi connectivity index (χ0v) is 21.2. The summed E-state index contributed by atoms with van der Waals surface area (Å²) in [6.45, 7) is 7.68. The molecule has 1 atom stereocenters. The number of fused-ring (bicyclic) bond motifs is 5. The van der Waals surface area contributed by atoms with Crippen molar-refractivity contribution in [2.24, 2.45) is 7.05 Å². The van der Waals surface area contributed by atoms with E-state index in [4.69, 9.17) is 10.5 Å². The maximum atomic E-state index is 14.3. The molecular weight excluding hydrogens is 463 g/mol. The lowest BCUT2D eigenvalue weighted by Crippen LogP contribution is -2.37. The second kappa shape index (κ2) is 10.9. The van der Waals surface area contributed by atoms with Crippen LogP contribution in [0.2, 0.25) is 0 Å². The minimum Gasteiger partial charge on any atom is -0.467 e. The number of halogens is 1. The third-order valence-electron chi connectivity index (χ3n) is 5.65. The lowest BCUT2D eigenvalue weighted by molar-refractivity contribution is -0.127. The number of nitrogens with zero attached hydrogens (tertiary/aromatic N) is 7. The fourth-order valence-corrected chi connectivity index (χ4v) is 4.02. The number of carbonyl (C=O) groups excluding carboxylic acids is 1. The number of nitrogens with two attached hydrogens (primary N) is 1.